The Bertz CT molecular complexity index is 763. The van der Waals surface area contributed by atoms with Crippen molar-refractivity contribution in [3.05, 3.63) is 24.3 Å². The highest BCUT2D eigenvalue weighted by Gasteiger charge is 2.47. The van der Waals surface area contributed by atoms with E-state index in [1.165, 1.54) is 44.9 Å². The minimum atomic E-state index is -1.02. The van der Waals surface area contributed by atoms with Crippen LogP contribution in [0, 0.1) is 5.41 Å². The summed E-state index contributed by atoms with van der Waals surface area (Å²) in [7, 11) is 0. The first-order valence-corrected chi connectivity index (χ1v) is 12.0. The molecule has 164 valence electrons. The van der Waals surface area contributed by atoms with Gasteiger partial charge < -0.3 is 15.1 Å². The Labute approximate surface area is 181 Å². The number of amides is 2. The molecule has 4 rings (SSSR count). The number of hydrogen-bond acceptors (Lipinski definition) is 3. The molecule has 5 heteroatoms. The summed E-state index contributed by atoms with van der Waals surface area (Å²) in [6.45, 7) is 5.83. The average molecular weight is 412 g/mol. The zero-order valence-corrected chi connectivity index (χ0v) is 18.7. The molecule has 2 heterocycles. The SMILES string of the molecule is CCC1(C)C(=O)Nc2ccccc2N(C2CCN(C3CCCCCCC3)CC2)C1=O. The third kappa shape index (κ3) is 4.01. The van der Waals surface area contributed by atoms with Gasteiger partial charge in [0.2, 0.25) is 11.8 Å². The number of carbonyl (C=O) groups is 2. The summed E-state index contributed by atoms with van der Waals surface area (Å²) in [4.78, 5) is 31.3. The van der Waals surface area contributed by atoms with Crippen LogP contribution in [0.2, 0.25) is 0 Å². The van der Waals surface area contributed by atoms with Crippen molar-refractivity contribution in [2.45, 2.75) is 90.1 Å². The van der Waals surface area contributed by atoms with Gasteiger partial charge >= 0.3 is 0 Å². The Morgan fingerprint density at radius 3 is 2.23 bits per heavy atom. The molecule has 0 aromatic heterocycles. The van der Waals surface area contributed by atoms with Gasteiger partial charge in [-0.2, -0.15) is 0 Å². The molecule has 30 heavy (non-hydrogen) atoms. The van der Waals surface area contributed by atoms with Crippen molar-refractivity contribution in [2.75, 3.05) is 23.3 Å². The number of rotatable bonds is 3. The minimum absolute atomic E-state index is 0.0446. The molecular formula is C25H37N3O2. The second-order valence-electron chi connectivity index (χ2n) is 9.60. The van der Waals surface area contributed by atoms with Gasteiger partial charge in [-0.3, -0.25) is 9.59 Å². The van der Waals surface area contributed by atoms with E-state index >= 15 is 0 Å². The van der Waals surface area contributed by atoms with Crippen LogP contribution < -0.4 is 10.2 Å². The first kappa shape index (κ1) is 21.4. The van der Waals surface area contributed by atoms with Gasteiger partial charge in [0.05, 0.1) is 11.4 Å². The van der Waals surface area contributed by atoms with E-state index in [0.29, 0.717) is 12.5 Å². The molecule has 1 saturated heterocycles. The molecule has 0 radical (unpaired) electrons. The van der Waals surface area contributed by atoms with Crippen molar-refractivity contribution in [3.8, 4) is 0 Å². The summed E-state index contributed by atoms with van der Waals surface area (Å²) in [6, 6.07) is 8.65. The smallest absolute Gasteiger partial charge is 0.242 e. The predicted molar refractivity (Wildman–Crippen MR) is 122 cm³/mol. The maximum Gasteiger partial charge on any atom is 0.242 e. The molecule has 1 saturated carbocycles. The molecule has 1 aromatic rings. The number of hydrogen-bond donors (Lipinski definition) is 1. The molecule has 2 amide bonds. The van der Waals surface area contributed by atoms with Gasteiger partial charge in [-0.15, -0.1) is 0 Å². The second kappa shape index (κ2) is 9.09. The standard InChI is InChI=1S/C25H37N3O2/c1-3-25(2)23(29)26-21-13-9-10-14-22(21)28(24(25)30)20-15-17-27(18-16-20)19-11-7-5-4-6-8-12-19/h9-10,13-14,19-20H,3-8,11-12,15-18H2,1-2H3,(H,26,29). The summed E-state index contributed by atoms with van der Waals surface area (Å²) in [5, 5.41) is 3.02. The lowest BCUT2D eigenvalue weighted by atomic mass is 9.84. The van der Waals surface area contributed by atoms with Gasteiger partial charge in [0, 0.05) is 25.2 Å². The number of para-hydroxylation sites is 2. The summed E-state index contributed by atoms with van der Waals surface area (Å²) >= 11 is 0. The van der Waals surface area contributed by atoms with Crippen molar-refractivity contribution in [1.29, 1.82) is 0 Å². The molecule has 1 N–H and O–H groups in total. The first-order chi connectivity index (χ1) is 14.5. The second-order valence-corrected chi connectivity index (χ2v) is 9.60. The van der Waals surface area contributed by atoms with Gasteiger partial charge in [0.25, 0.3) is 0 Å². The van der Waals surface area contributed by atoms with E-state index in [0.717, 1.165) is 37.3 Å². The summed E-state index contributed by atoms with van der Waals surface area (Å²) < 4.78 is 0. The van der Waals surface area contributed by atoms with Crippen LogP contribution in [0.1, 0.15) is 78.1 Å². The number of piperidine rings is 1. The maximum absolute atomic E-state index is 13.7. The molecule has 2 aliphatic heterocycles. The van der Waals surface area contributed by atoms with Crippen molar-refractivity contribution >= 4 is 23.2 Å². The van der Waals surface area contributed by atoms with Crippen molar-refractivity contribution in [1.82, 2.24) is 4.90 Å². The average Bonchev–Trinajstić information content (AvgIpc) is 2.82. The molecule has 0 bridgehead atoms. The van der Waals surface area contributed by atoms with E-state index < -0.39 is 5.41 Å². The maximum atomic E-state index is 13.7. The number of anilines is 2. The molecule has 1 aliphatic carbocycles. The van der Waals surface area contributed by atoms with Crippen LogP contribution in [-0.2, 0) is 9.59 Å². The van der Waals surface area contributed by atoms with Crippen LogP contribution in [0.4, 0.5) is 11.4 Å². The van der Waals surface area contributed by atoms with Gasteiger partial charge in [-0.1, -0.05) is 51.2 Å². The van der Waals surface area contributed by atoms with Crippen LogP contribution in [-0.4, -0.2) is 41.9 Å². The predicted octanol–water partition coefficient (Wildman–Crippen LogP) is 4.97. The molecule has 0 spiro atoms. The zero-order valence-electron chi connectivity index (χ0n) is 18.7. The minimum Gasteiger partial charge on any atom is -0.323 e. The monoisotopic (exact) mass is 411 g/mol. The molecule has 3 aliphatic rings. The Morgan fingerprint density at radius 1 is 0.933 bits per heavy atom. The largest absolute Gasteiger partial charge is 0.323 e. The fraction of sp³-hybridized carbons (Fsp3) is 0.680. The number of fused-ring (bicyclic) bond motifs is 1. The third-order valence-corrected chi connectivity index (χ3v) is 7.77. The third-order valence-electron chi connectivity index (χ3n) is 7.77. The number of likely N-dealkylation sites (tertiary alicyclic amines) is 1. The summed E-state index contributed by atoms with van der Waals surface area (Å²) in [5.41, 5.74) is 0.600. The van der Waals surface area contributed by atoms with Crippen LogP contribution >= 0.6 is 0 Å². The fourth-order valence-electron chi connectivity index (χ4n) is 5.51. The number of nitrogens with zero attached hydrogens (tertiary/aromatic N) is 2. The van der Waals surface area contributed by atoms with Crippen molar-refractivity contribution in [2.24, 2.45) is 5.41 Å². The lowest BCUT2D eigenvalue weighted by molar-refractivity contribution is -0.138. The first-order valence-electron chi connectivity index (χ1n) is 12.0. The number of benzene rings is 1. The Kier molecular flexibility index (Phi) is 6.47. The lowest BCUT2D eigenvalue weighted by Gasteiger charge is -2.43. The van der Waals surface area contributed by atoms with Gasteiger partial charge in [-0.05, 0) is 51.2 Å². The molecule has 1 aromatic carbocycles. The van der Waals surface area contributed by atoms with Gasteiger partial charge in [0.15, 0.2) is 0 Å². The molecule has 5 nitrogen and oxygen atoms in total. The zero-order chi connectivity index (χ0) is 21.1. The van der Waals surface area contributed by atoms with E-state index in [2.05, 4.69) is 10.2 Å². The highest BCUT2D eigenvalue weighted by Crippen LogP contribution is 2.40. The van der Waals surface area contributed by atoms with Crippen molar-refractivity contribution < 1.29 is 9.59 Å². The number of nitrogens with one attached hydrogen (secondary N) is 1. The van der Waals surface area contributed by atoms with E-state index in [1.54, 1.807) is 6.92 Å². The van der Waals surface area contributed by atoms with Crippen molar-refractivity contribution in [3.63, 3.8) is 0 Å². The lowest BCUT2D eigenvalue weighted by Crippen LogP contribution is -2.54. The van der Waals surface area contributed by atoms with Crippen LogP contribution in [0.15, 0.2) is 24.3 Å². The highest BCUT2D eigenvalue weighted by atomic mass is 16.2. The van der Waals surface area contributed by atoms with E-state index in [1.807, 2.05) is 36.1 Å². The van der Waals surface area contributed by atoms with Crippen LogP contribution in [0.25, 0.3) is 0 Å². The van der Waals surface area contributed by atoms with Gasteiger partial charge in [0.1, 0.15) is 5.41 Å². The van der Waals surface area contributed by atoms with E-state index in [4.69, 9.17) is 0 Å². The van der Waals surface area contributed by atoms with Crippen LogP contribution in [0.5, 0.6) is 0 Å². The van der Waals surface area contributed by atoms with E-state index in [-0.39, 0.29) is 17.9 Å². The number of carbonyl (C=O) groups excluding carboxylic acids is 2. The quantitative estimate of drug-likeness (QED) is 0.715. The van der Waals surface area contributed by atoms with Crippen LogP contribution in [0.3, 0.4) is 0 Å². The Balaban J connectivity index is 1.54. The fourth-order valence-corrected chi connectivity index (χ4v) is 5.51. The molecule has 1 atom stereocenters. The molecule has 1 unspecified atom stereocenters. The summed E-state index contributed by atoms with van der Waals surface area (Å²) in [5.74, 6) is -0.228. The summed E-state index contributed by atoms with van der Waals surface area (Å²) in [6.07, 6.45) is 12.0. The normalized spacial score (nSPS) is 27.7. The molecular weight excluding hydrogens is 374 g/mol. The van der Waals surface area contributed by atoms with E-state index in [9.17, 15) is 9.59 Å². The highest BCUT2D eigenvalue weighted by molar-refractivity contribution is 6.19. The molecule has 2 fully saturated rings. The Morgan fingerprint density at radius 2 is 1.57 bits per heavy atom. The Hall–Kier alpha value is -1.88. The topological polar surface area (TPSA) is 52.7 Å². The van der Waals surface area contributed by atoms with Gasteiger partial charge in [-0.25, -0.2) is 0 Å².